The van der Waals surface area contributed by atoms with E-state index in [0.717, 1.165) is 13.0 Å². The van der Waals surface area contributed by atoms with E-state index in [2.05, 4.69) is 10.2 Å². The molecule has 2 heterocycles. The van der Waals surface area contributed by atoms with Gasteiger partial charge in [-0.25, -0.2) is 4.39 Å². The number of nitrogen functional groups attached to an aromatic ring is 1. The molecule has 17 heavy (non-hydrogen) atoms. The monoisotopic (exact) mass is 239 g/mol. The minimum atomic E-state index is -0.863. The number of rotatable bonds is 2. The summed E-state index contributed by atoms with van der Waals surface area (Å²) in [6.45, 7) is 1.16. The van der Waals surface area contributed by atoms with Crippen molar-refractivity contribution >= 4 is 11.6 Å². The van der Waals surface area contributed by atoms with Crippen LogP contribution in [0.4, 0.5) is 16.0 Å². The van der Waals surface area contributed by atoms with Crippen LogP contribution in [0.1, 0.15) is 6.42 Å². The molecule has 2 atom stereocenters. The summed E-state index contributed by atoms with van der Waals surface area (Å²) in [5, 5.41) is 7.76. The Morgan fingerprint density at radius 1 is 1.41 bits per heavy atom. The summed E-state index contributed by atoms with van der Waals surface area (Å²) in [6.07, 6.45) is -0.0710. The predicted molar refractivity (Wildman–Crippen MR) is 65.6 cm³/mol. The normalized spacial score (nSPS) is 25.3. The van der Waals surface area contributed by atoms with Crippen molar-refractivity contribution in [1.29, 1.82) is 0 Å². The van der Waals surface area contributed by atoms with E-state index in [4.69, 9.17) is 5.73 Å². The lowest BCUT2D eigenvalue weighted by Crippen LogP contribution is -2.50. The molecular formula is C11H18FN5. The van der Waals surface area contributed by atoms with E-state index in [0.29, 0.717) is 18.2 Å². The van der Waals surface area contributed by atoms with Crippen LogP contribution in [-0.4, -0.2) is 54.5 Å². The number of hydrogen-bond acceptors (Lipinski definition) is 5. The molecule has 6 heteroatoms. The van der Waals surface area contributed by atoms with Gasteiger partial charge in [0, 0.05) is 12.6 Å². The van der Waals surface area contributed by atoms with Crippen LogP contribution in [0.25, 0.3) is 0 Å². The number of hydrogen-bond donors (Lipinski definition) is 1. The first-order valence-corrected chi connectivity index (χ1v) is 5.72. The van der Waals surface area contributed by atoms with E-state index in [1.807, 2.05) is 23.9 Å². The summed E-state index contributed by atoms with van der Waals surface area (Å²) in [5.74, 6) is 1.08. The smallest absolute Gasteiger partial charge is 0.151 e. The fraction of sp³-hybridized carbons (Fsp3) is 0.636. The summed E-state index contributed by atoms with van der Waals surface area (Å²) < 4.78 is 14.0. The Balaban J connectivity index is 2.04. The van der Waals surface area contributed by atoms with E-state index >= 15 is 0 Å². The molecule has 0 aliphatic carbocycles. The van der Waals surface area contributed by atoms with Crippen LogP contribution < -0.4 is 10.6 Å². The fourth-order valence-corrected chi connectivity index (χ4v) is 2.19. The van der Waals surface area contributed by atoms with Crippen molar-refractivity contribution in [3.05, 3.63) is 12.1 Å². The molecule has 2 N–H and O–H groups in total. The Kier molecular flexibility index (Phi) is 3.42. The summed E-state index contributed by atoms with van der Waals surface area (Å²) in [6, 6.07) is 3.46. The van der Waals surface area contributed by atoms with Crippen LogP contribution in [0, 0.1) is 0 Å². The fourth-order valence-electron chi connectivity index (χ4n) is 2.19. The average Bonchev–Trinajstić information content (AvgIpc) is 2.29. The summed E-state index contributed by atoms with van der Waals surface area (Å²) in [7, 11) is 3.83. The molecule has 0 aromatic carbocycles. The van der Waals surface area contributed by atoms with Gasteiger partial charge in [0.1, 0.15) is 12.0 Å². The molecular weight excluding hydrogens is 221 g/mol. The molecule has 5 nitrogen and oxygen atoms in total. The molecule has 0 spiro atoms. The van der Waals surface area contributed by atoms with Gasteiger partial charge in [-0.1, -0.05) is 0 Å². The number of halogens is 1. The highest BCUT2D eigenvalue weighted by atomic mass is 19.1. The van der Waals surface area contributed by atoms with E-state index < -0.39 is 6.17 Å². The van der Waals surface area contributed by atoms with Crippen molar-refractivity contribution < 1.29 is 4.39 Å². The van der Waals surface area contributed by atoms with Crippen LogP contribution in [0.15, 0.2) is 12.1 Å². The first-order chi connectivity index (χ1) is 8.08. The third kappa shape index (κ3) is 2.63. The second-order valence-corrected chi connectivity index (χ2v) is 4.60. The molecule has 0 unspecified atom stereocenters. The highest BCUT2D eigenvalue weighted by Crippen LogP contribution is 2.21. The van der Waals surface area contributed by atoms with Crippen LogP contribution in [0.5, 0.6) is 0 Å². The zero-order chi connectivity index (χ0) is 12.4. The molecule has 1 saturated heterocycles. The van der Waals surface area contributed by atoms with Gasteiger partial charge in [0.25, 0.3) is 0 Å². The average molecular weight is 239 g/mol. The minimum absolute atomic E-state index is 0.00649. The van der Waals surface area contributed by atoms with Gasteiger partial charge in [-0.3, -0.25) is 0 Å². The van der Waals surface area contributed by atoms with E-state index in [-0.39, 0.29) is 6.04 Å². The highest BCUT2D eigenvalue weighted by molar-refractivity contribution is 5.42. The van der Waals surface area contributed by atoms with Crippen molar-refractivity contribution in [2.45, 2.75) is 18.6 Å². The van der Waals surface area contributed by atoms with Gasteiger partial charge in [-0.2, -0.15) is 0 Å². The van der Waals surface area contributed by atoms with Crippen molar-refractivity contribution in [1.82, 2.24) is 15.1 Å². The summed E-state index contributed by atoms with van der Waals surface area (Å²) in [5.41, 5.74) is 5.47. The van der Waals surface area contributed by atoms with Crippen LogP contribution in [-0.2, 0) is 0 Å². The summed E-state index contributed by atoms with van der Waals surface area (Å²) >= 11 is 0. The second-order valence-electron chi connectivity index (χ2n) is 4.60. The van der Waals surface area contributed by atoms with Gasteiger partial charge < -0.3 is 15.5 Å². The summed E-state index contributed by atoms with van der Waals surface area (Å²) in [4.78, 5) is 3.85. The third-order valence-electron chi connectivity index (χ3n) is 3.17. The van der Waals surface area contributed by atoms with Gasteiger partial charge in [0.15, 0.2) is 5.82 Å². The van der Waals surface area contributed by atoms with Gasteiger partial charge in [-0.05, 0) is 32.6 Å². The first-order valence-electron chi connectivity index (χ1n) is 5.72. The molecule has 1 fully saturated rings. The molecule has 0 bridgehead atoms. The molecule has 1 aromatic heterocycles. The maximum Gasteiger partial charge on any atom is 0.151 e. The minimum Gasteiger partial charge on any atom is -0.382 e. The number of nitrogens with zero attached hydrogens (tertiary/aromatic N) is 4. The largest absolute Gasteiger partial charge is 0.382 e. The Morgan fingerprint density at radius 2 is 2.18 bits per heavy atom. The third-order valence-corrected chi connectivity index (χ3v) is 3.17. The number of nitrogens with two attached hydrogens (primary N) is 1. The van der Waals surface area contributed by atoms with E-state index in [9.17, 15) is 4.39 Å². The van der Waals surface area contributed by atoms with Crippen LogP contribution in [0.2, 0.25) is 0 Å². The topological polar surface area (TPSA) is 58.3 Å². The molecule has 0 saturated carbocycles. The number of aromatic nitrogens is 2. The Morgan fingerprint density at radius 3 is 2.71 bits per heavy atom. The Labute approximate surface area is 100 Å². The quantitative estimate of drug-likeness (QED) is 0.816. The Bertz CT molecular complexity index is 367. The van der Waals surface area contributed by atoms with Crippen LogP contribution in [0.3, 0.4) is 0 Å². The van der Waals surface area contributed by atoms with Crippen LogP contribution >= 0.6 is 0 Å². The maximum absolute atomic E-state index is 14.0. The first kappa shape index (κ1) is 12.0. The molecule has 2 rings (SSSR count). The van der Waals surface area contributed by atoms with Crippen molar-refractivity contribution in [3.8, 4) is 0 Å². The Hall–Kier alpha value is -1.43. The number of piperidine rings is 1. The van der Waals surface area contributed by atoms with Gasteiger partial charge >= 0.3 is 0 Å². The SMILES string of the molecule is CN(C)[C@@H]1CCN(c2ccc(N)nn2)C[C@H]1F. The lowest BCUT2D eigenvalue weighted by atomic mass is 10.0. The van der Waals surface area contributed by atoms with Gasteiger partial charge in [0.2, 0.25) is 0 Å². The lowest BCUT2D eigenvalue weighted by molar-refractivity contribution is 0.136. The standard InChI is InChI=1S/C11H18FN5/c1-16(2)9-5-6-17(7-8(9)12)11-4-3-10(13)14-15-11/h3-4,8-9H,5-7H2,1-2H3,(H2,13,14)/t8-,9-/m1/s1. The zero-order valence-electron chi connectivity index (χ0n) is 10.2. The zero-order valence-corrected chi connectivity index (χ0v) is 10.2. The van der Waals surface area contributed by atoms with Gasteiger partial charge in [0.05, 0.1) is 6.54 Å². The molecule has 94 valence electrons. The predicted octanol–water partition coefficient (Wildman–Crippen LogP) is 0.537. The van der Waals surface area contributed by atoms with Crippen molar-refractivity contribution in [2.75, 3.05) is 37.8 Å². The number of alkyl halides is 1. The van der Waals surface area contributed by atoms with E-state index in [1.54, 1.807) is 12.1 Å². The maximum atomic E-state index is 14.0. The molecule has 1 aliphatic rings. The van der Waals surface area contributed by atoms with Crippen molar-refractivity contribution in [3.63, 3.8) is 0 Å². The molecule has 1 aromatic rings. The second kappa shape index (κ2) is 4.83. The van der Waals surface area contributed by atoms with Gasteiger partial charge in [-0.15, -0.1) is 10.2 Å². The molecule has 1 aliphatic heterocycles. The number of anilines is 2. The highest BCUT2D eigenvalue weighted by Gasteiger charge is 2.31. The lowest BCUT2D eigenvalue weighted by Gasteiger charge is -2.38. The van der Waals surface area contributed by atoms with Crippen molar-refractivity contribution in [2.24, 2.45) is 0 Å². The molecule has 0 radical (unpaired) electrons. The molecule has 0 amide bonds. The van der Waals surface area contributed by atoms with E-state index in [1.165, 1.54) is 0 Å².